The molecule has 0 radical (unpaired) electrons. The number of aromatic nitrogens is 1. The van der Waals surface area contributed by atoms with Crippen LogP contribution in [0.5, 0.6) is 11.5 Å². The minimum atomic E-state index is -2.00. The number of benzene rings is 1. The zero-order valence-corrected chi connectivity index (χ0v) is 21.8. The van der Waals surface area contributed by atoms with Gasteiger partial charge in [-0.05, 0) is 61.7 Å². The first-order valence-electron chi connectivity index (χ1n) is 11.8. The number of carbonyl (C=O) groups is 2. The number of phenolic OH excluding ortho intramolecular Hbond substituents is 1. The molecule has 1 atom stereocenters. The highest BCUT2D eigenvalue weighted by Gasteiger charge is 2.38. The van der Waals surface area contributed by atoms with Gasteiger partial charge < -0.3 is 19.2 Å². The molecule has 1 amide bonds. The van der Waals surface area contributed by atoms with E-state index >= 15 is 0 Å². The zero-order chi connectivity index (χ0) is 24.9. The number of para-hydroxylation sites is 1. The Hall–Kier alpha value is -2.71. The lowest BCUT2D eigenvalue weighted by atomic mass is 10.0. The molecule has 0 saturated carbocycles. The number of ether oxygens (including phenoxy) is 1. The third kappa shape index (κ3) is 5.85. The highest BCUT2D eigenvalue weighted by atomic mass is 28.4. The van der Waals surface area contributed by atoms with Crippen molar-refractivity contribution in [2.45, 2.75) is 70.8 Å². The van der Waals surface area contributed by atoms with E-state index in [0.717, 1.165) is 19.3 Å². The van der Waals surface area contributed by atoms with Crippen molar-refractivity contribution in [1.82, 2.24) is 9.88 Å². The van der Waals surface area contributed by atoms with Crippen molar-refractivity contribution in [3.05, 3.63) is 53.3 Å². The number of hydrogen-bond donors (Lipinski definition) is 1. The normalized spacial score (nSPS) is 16.9. The Kier molecular flexibility index (Phi) is 8.15. The second-order valence-electron chi connectivity index (χ2n) is 10.3. The second kappa shape index (κ2) is 10.7. The molecule has 1 aliphatic heterocycles. The Morgan fingerprint density at radius 2 is 2.00 bits per heavy atom. The van der Waals surface area contributed by atoms with Crippen molar-refractivity contribution in [2.24, 2.45) is 0 Å². The highest BCUT2D eigenvalue weighted by Crippen LogP contribution is 2.37. The Morgan fingerprint density at radius 3 is 2.71 bits per heavy atom. The molecule has 2 aromatic rings. The highest BCUT2D eigenvalue weighted by molar-refractivity contribution is 6.74. The van der Waals surface area contributed by atoms with Crippen LogP contribution in [0.1, 0.15) is 66.4 Å². The summed E-state index contributed by atoms with van der Waals surface area (Å²) in [5.74, 6) is -0.0287. The molecule has 0 aliphatic carbocycles. The number of piperidine rings is 1. The number of rotatable bonds is 8. The summed E-state index contributed by atoms with van der Waals surface area (Å²) in [4.78, 5) is 31.3. The average Bonchev–Trinajstić information content (AvgIpc) is 2.81. The molecule has 1 fully saturated rings. The third-order valence-electron chi connectivity index (χ3n) is 6.96. The number of aromatic hydroxyl groups is 1. The van der Waals surface area contributed by atoms with Crippen molar-refractivity contribution in [2.75, 3.05) is 13.2 Å². The van der Waals surface area contributed by atoms with Gasteiger partial charge in [-0.15, -0.1) is 0 Å². The van der Waals surface area contributed by atoms with Gasteiger partial charge in [-0.3, -0.25) is 14.6 Å². The summed E-state index contributed by atoms with van der Waals surface area (Å²) in [6.45, 7) is 12.0. The van der Waals surface area contributed by atoms with Crippen molar-refractivity contribution >= 4 is 20.5 Å². The third-order valence-corrected chi connectivity index (χ3v) is 11.4. The number of aldehydes is 1. The number of carbonyl (C=O) groups excluding carboxylic acids is 2. The van der Waals surface area contributed by atoms with Crippen LogP contribution in [-0.2, 0) is 11.0 Å². The predicted molar refractivity (Wildman–Crippen MR) is 134 cm³/mol. The van der Waals surface area contributed by atoms with Gasteiger partial charge in [-0.25, -0.2) is 0 Å². The molecule has 0 bridgehead atoms. The van der Waals surface area contributed by atoms with E-state index in [9.17, 15) is 14.7 Å². The van der Waals surface area contributed by atoms with Crippen molar-refractivity contribution in [3.63, 3.8) is 0 Å². The van der Waals surface area contributed by atoms with Crippen LogP contribution in [0, 0.1) is 0 Å². The number of hydrogen-bond acceptors (Lipinski definition) is 6. The zero-order valence-electron chi connectivity index (χ0n) is 20.8. The number of amides is 1. The molecule has 3 rings (SSSR count). The molecule has 7 nitrogen and oxygen atoms in total. The number of phenols is 1. The maximum atomic E-state index is 13.6. The standard InChI is InChI=1S/C26H36N2O5Si/c1-26(2,3)34(4,5)33-18-22-21(12-9-14-27-22)25(31)28-15-7-6-11-20(28)17-32-24-19(16-29)10-8-13-23(24)30/h8-10,12-14,16,20,30H,6-7,11,15,17-18H2,1-5H3/t20-/m0/s1. The SMILES string of the molecule is CC(C)(C)[Si](C)(C)OCc1ncccc1C(=O)N1CCCC[C@H]1COc1c(O)cccc1C=O. The largest absolute Gasteiger partial charge is 0.504 e. The second-order valence-corrected chi connectivity index (χ2v) is 15.1. The summed E-state index contributed by atoms with van der Waals surface area (Å²) in [6.07, 6.45) is 5.02. The Labute approximate surface area is 203 Å². The monoisotopic (exact) mass is 484 g/mol. The quantitative estimate of drug-likeness (QED) is 0.409. The summed E-state index contributed by atoms with van der Waals surface area (Å²) < 4.78 is 12.2. The van der Waals surface area contributed by atoms with E-state index in [1.165, 1.54) is 6.07 Å². The summed E-state index contributed by atoms with van der Waals surface area (Å²) in [6, 6.07) is 8.08. The van der Waals surface area contributed by atoms with Gasteiger partial charge in [0.2, 0.25) is 0 Å². The minimum Gasteiger partial charge on any atom is -0.504 e. The fourth-order valence-electron chi connectivity index (χ4n) is 3.78. The Balaban J connectivity index is 1.77. The first kappa shape index (κ1) is 25.9. The molecule has 1 aromatic heterocycles. The van der Waals surface area contributed by atoms with Gasteiger partial charge in [0.05, 0.1) is 29.5 Å². The number of pyridine rings is 1. The summed E-state index contributed by atoms with van der Waals surface area (Å²) in [7, 11) is -2.00. The van der Waals surface area contributed by atoms with E-state index in [1.807, 2.05) is 4.90 Å². The maximum absolute atomic E-state index is 13.6. The van der Waals surface area contributed by atoms with Crippen LogP contribution >= 0.6 is 0 Å². The first-order valence-corrected chi connectivity index (χ1v) is 14.7. The van der Waals surface area contributed by atoms with E-state index in [1.54, 1.807) is 30.5 Å². The number of nitrogens with zero attached hydrogens (tertiary/aromatic N) is 2. The molecule has 2 heterocycles. The molecule has 1 aliphatic rings. The fraction of sp³-hybridized carbons (Fsp3) is 0.500. The van der Waals surface area contributed by atoms with Gasteiger partial charge in [-0.2, -0.15) is 0 Å². The molecule has 8 heteroatoms. The van der Waals surface area contributed by atoms with Gasteiger partial charge in [0.25, 0.3) is 5.91 Å². The molecule has 1 aromatic carbocycles. The van der Waals surface area contributed by atoms with Crippen LogP contribution in [0.3, 0.4) is 0 Å². The molecular formula is C26H36N2O5Si. The predicted octanol–water partition coefficient (Wildman–Crippen LogP) is 5.20. The average molecular weight is 485 g/mol. The molecular weight excluding hydrogens is 448 g/mol. The van der Waals surface area contributed by atoms with E-state index in [0.29, 0.717) is 30.7 Å². The molecule has 0 spiro atoms. The lowest BCUT2D eigenvalue weighted by Crippen LogP contribution is -2.47. The van der Waals surface area contributed by atoms with Crippen LogP contribution in [0.4, 0.5) is 0 Å². The summed E-state index contributed by atoms with van der Waals surface area (Å²) in [5.41, 5.74) is 1.47. The van der Waals surface area contributed by atoms with E-state index in [2.05, 4.69) is 38.8 Å². The van der Waals surface area contributed by atoms with Crippen molar-refractivity contribution in [1.29, 1.82) is 0 Å². The topological polar surface area (TPSA) is 89.0 Å². The fourth-order valence-corrected chi connectivity index (χ4v) is 4.71. The lowest BCUT2D eigenvalue weighted by molar-refractivity contribution is 0.0521. The summed E-state index contributed by atoms with van der Waals surface area (Å²) >= 11 is 0. The van der Waals surface area contributed by atoms with Crippen LogP contribution < -0.4 is 4.74 Å². The minimum absolute atomic E-state index is 0.0601. The molecule has 1 saturated heterocycles. The molecule has 34 heavy (non-hydrogen) atoms. The maximum Gasteiger partial charge on any atom is 0.256 e. The smallest absolute Gasteiger partial charge is 0.256 e. The molecule has 184 valence electrons. The molecule has 1 N–H and O–H groups in total. The van der Waals surface area contributed by atoms with Gasteiger partial charge in [0, 0.05) is 12.7 Å². The lowest BCUT2D eigenvalue weighted by Gasteiger charge is -2.37. The van der Waals surface area contributed by atoms with E-state index in [-0.39, 0.29) is 40.7 Å². The van der Waals surface area contributed by atoms with Crippen LogP contribution in [-0.4, -0.2) is 54.7 Å². The number of likely N-dealkylation sites (tertiary alicyclic amines) is 1. The van der Waals surface area contributed by atoms with Crippen LogP contribution in [0.25, 0.3) is 0 Å². The van der Waals surface area contributed by atoms with Gasteiger partial charge in [-0.1, -0.05) is 26.8 Å². The van der Waals surface area contributed by atoms with Crippen molar-refractivity contribution in [3.8, 4) is 11.5 Å². The first-order chi connectivity index (χ1) is 16.0. The van der Waals surface area contributed by atoms with Gasteiger partial charge in [0.1, 0.15) is 6.61 Å². The summed E-state index contributed by atoms with van der Waals surface area (Å²) in [5, 5.41) is 10.2. The van der Waals surface area contributed by atoms with E-state index < -0.39 is 8.32 Å². The van der Waals surface area contributed by atoms with Crippen LogP contribution in [0.15, 0.2) is 36.5 Å². The van der Waals surface area contributed by atoms with E-state index in [4.69, 9.17) is 9.16 Å². The molecule has 0 unspecified atom stereocenters. The van der Waals surface area contributed by atoms with Gasteiger partial charge in [0.15, 0.2) is 26.1 Å². The van der Waals surface area contributed by atoms with Crippen molar-refractivity contribution < 1.29 is 23.9 Å². The Morgan fingerprint density at radius 1 is 1.24 bits per heavy atom. The van der Waals surface area contributed by atoms with Crippen LogP contribution in [0.2, 0.25) is 18.1 Å². The Bertz CT molecular complexity index is 1020. The van der Waals surface area contributed by atoms with Gasteiger partial charge >= 0.3 is 0 Å².